The van der Waals surface area contributed by atoms with Crippen LogP contribution in [0, 0.1) is 0 Å². The number of nitrogens with zero attached hydrogens (tertiary/aromatic N) is 1. The number of halogens is 3. The van der Waals surface area contributed by atoms with E-state index in [1.165, 1.54) is 11.2 Å². The quantitative estimate of drug-likeness (QED) is 0.864. The fourth-order valence-corrected chi connectivity index (χ4v) is 2.06. The molecule has 1 N–H and O–H groups in total. The second kappa shape index (κ2) is 7.14. The highest BCUT2D eigenvalue weighted by Gasteiger charge is 2.44. The Bertz CT molecular complexity index is 405. The number of nitrogens with one attached hydrogen (secondary N) is 1. The Balaban J connectivity index is 0.00000154. The van der Waals surface area contributed by atoms with E-state index in [1.807, 2.05) is 13.8 Å². The maximum atomic E-state index is 12.6. The van der Waals surface area contributed by atoms with E-state index in [1.54, 1.807) is 6.92 Å². The predicted octanol–water partition coefficient (Wildman–Crippen LogP) is 2.10. The molecule has 0 aromatic carbocycles. The molecule has 114 valence electrons. The Morgan fingerprint density at radius 2 is 1.89 bits per heavy atom. The van der Waals surface area contributed by atoms with Gasteiger partial charge in [-0.2, -0.15) is 13.2 Å². The summed E-state index contributed by atoms with van der Waals surface area (Å²) in [6, 6.07) is -1.70. The largest absolute Gasteiger partial charge is 0.409 e. The predicted molar refractivity (Wildman–Crippen MR) is 69.1 cm³/mol. The van der Waals surface area contributed by atoms with Gasteiger partial charge in [0.05, 0.1) is 5.75 Å². The number of hydrogen-bond acceptors (Lipinski definition) is 4. The summed E-state index contributed by atoms with van der Waals surface area (Å²) in [5.41, 5.74) is 2.47. The van der Waals surface area contributed by atoms with Crippen LogP contribution in [0.15, 0.2) is 11.8 Å². The molecule has 0 bridgehead atoms. The van der Waals surface area contributed by atoms with Crippen LogP contribution in [-0.2, 0) is 9.84 Å². The van der Waals surface area contributed by atoms with Gasteiger partial charge >= 0.3 is 6.18 Å². The third kappa shape index (κ3) is 6.29. The van der Waals surface area contributed by atoms with Gasteiger partial charge < -0.3 is 5.01 Å². The highest BCUT2D eigenvalue weighted by molar-refractivity contribution is 7.90. The number of hydrogen-bond donors (Lipinski definition) is 1. The van der Waals surface area contributed by atoms with Crippen LogP contribution in [0.3, 0.4) is 0 Å². The fourth-order valence-electron chi connectivity index (χ4n) is 1.53. The molecule has 0 radical (unpaired) electrons. The van der Waals surface area contributed by atoms with E-state index in [9.17, 15) is 21.6 Å². The molecular weight excluding hydrogens is 281 g/mol. The van der Waals surface area contributed by atoms with E-state index in [2.05, 4.69) is 5.43 Å². The third-order valence-electron chi connectivity index (χ3n) is 2.43. The summed E-state index contributed by atoms with van der Waals surface area (Å²) in [4.78, 5) is 0. The van der Waals surface area contributed by atoms with Crippen molar-refractivity contribution in [3.05, 3.63) is 11.8 Å². The topological polar surface area (TPSA) is 49.4 Å². The highest BCUT2D eigenvalue weighted by Crippen LogP contribution is 2.30. The summed E-state index contributed by atoms with van der Waals surface area (Å²) in [7, 11) is -3.18. The van der Waals surface area contributed by atoms with Crippen molar-refractivity contribution < 1.29 is 21.6 Å². The van der Waals surface area contributed by atoms with E-state index in [0.717, 1.165) is 6.26 Å². The molecule has 1 unspecified atom stereocenters. The molecule has 8 heteroatoms. The molecule has 19 heavy (non-hydrogen) atoms. The minimum Gasteiger partial charge on any atom is -0.314 e. The van der Waals surface area contributed by atoms with Gasteiger partial charge in [-0.15, -0.1) is 0 Å². The van der Waals surface area contributed by atoms with Gasteiger partial charge in [0.2, 0.25) is 0 Å². The number of hydrazine groups is 1. The summed E-state index contributed by atoms with van der Waals surface area (Å²) in [5.74, 6) is -0.182. The molecule has 0 fully saturated rings. The van der Waals surface area contributed by atoms with Gasteiger partial charge in [-0.25, -0.2) is 13.8 Å². The maximum Gasteiger partial charge on any atom is 0.409 e. The van der Waals surface area contributed by atoms with Crippen LogP contribution in [0.4, 0.5) is 13.2 Å². The summed E-state index contributed by atoms with van der Waals surface area (Å²) < 4.78 is 59.6. The van der Waals surface area contributed by atoms with Crippen molar-refractivity contribution in [2.45, 2.75) is 39.4 Å². The summed E-state index contributed by atoms with van der Waals surface area (Å²) in [6.07, 6.45) is -1.70. The third-order valence-corrected chi connectivity index (χ3v) is 3.35. The molecule has 1 rings (SSSR count). The molecule has 4 nitrogen and oxygen atoms in total. The van der Waals surface area contributed by atoms with Crippen LogP contribution in [0.1, 0.15) is 27.2 Å². The molecule has 1 atom stereocenters. The van der Waals surface area contributed by atoms with Gasteiger partial charge in [0.25, 0.3) is 0 Å². The molecule has 0 aromatic heterocycles. The normalized spacial score (nSPS) is 19.8. The molecule has 1 aliphatic rings. The van der Waals surface area contributed by atoms with Crippen LogP contribution in [0.2, 0.25) is 0 Å². The van der Waals surface area contributed by atoms with Crippen LogP contribution in [0.5, 0.6) is 0 Å². The standard InChI is InChI=1S/C9H15F3N2O2S.C2H6/c1-3-7-6-14(4-5-17(2,15)16)13-8(7)9(10,11)12;1-2/h6,8,13H,3-5H2,1-2H3;1-2H3. The molecule has 0 aliphatic carbocycles. The van der Waals surface area contributed by atoms with E-state index in [-0.39, 0.29) is 24.3 Å². The van der Waals surface area contributed by atoms with Gasteiger partial charge in [0.1, 0.15) is 15.9 Å². The first kappa shape index (κ1) is 18.2. The molecule has 0 saturated carbocycles. The lowest BCUT2D eigenvalue weighted by Crippen LogP contribution is -2.46. The zero-order valence-corrected chi connectivity index (χ0v) is 12.4. The first-order chi connectivity index (χ1) is 8.63. The average molecular weight is 302 g/mol. The Labute approximate surface area is 112 Å². The van der Waals surface area contributed by atoms with Gasteiger partial charge in [-0.1, -0.05) is 20.8 Å². The molecule has 1 heterocycles. The first-order valence-electron chi connectivity index (χ1n) is 6.11. The van der Waals surface area contributed by atoms with Crippen molar-refractivity contribution in [1.29, 1.82) is 0 Å². The van der Waals surface area contributed by atoms with Gasteiger partial charge in [-0.05, 0) is 12.0 Å². The van der Waals surface area contributed by atoms with E-state index in [4.69, 9.17) is 0 Å². The van der Waals surface area contributed by atoms with E-state index < -0.39 is 22.1 Å². The van der Waals surface area contributed by atoms with Crippen molar-refractivity contribution in [2.75, 3.05) is 18.6 Å². The number of rotatable bonds is 4. The van der Waals surface area contributed by atoms with Gasteiger partial charge in [0, 0.05) is 19.0 Å². The van der Waals surface area contributed by atoms with Crippen LogP contribution in [0.25, 0.3) is 0 Å². The molecule has 0 aromatic rings. The molecule has 0 spiro atoms. The van der Waals surface area contributed by atoms with Crippen molar-refractivity contribution in [1.82, 2.24) is 10.4 Å². The number of sulfone groups is 1. The van der Waals surface area contributed by atoms with Gasteiger partial charge in [-0.3, -0.25) is 0 Å². The minimum atomic E-state index is -4.36. The maximum absolute atomic E-state index is 12.6. The lowest BCUT2D eigenvalue weighted by atomic mass is 10.1. The Kier molecular flexibility index (Phi) is 6.85. The van der Waals surface area contributed by atoms with Crippen LogP contribution in [-0.4, -0.2) is 44.2 Å². The fraction of sp³-hybridized carbons (Fsp3) is 0.818. The zero-order chi connectivity index (χ0) is 15.3. The van der Waals surface area contributed by atoms with Crippen molar-refractivity contribution in [3.63, 3.8) is 0 Å². The average Bonchev–Trinajstić information content (AvgIpc) is 2.71. The highest BCUT2D eigenvalue weighted by atomic mass is 32.2. The molecule has 1 aliphatic heterocycles. The first-order valence-corrected chi connectivity index (χ1v) is 8.17. The smallest absolute Gasteiger partial charge is 0.314 e. The molecular formula is C11H21F3N2O2S. The Hall–Kier alpha value is -0.760. The Morgan fingerprint density at radius 3 is 2.21 bits per heavy atom. The van der Waals surface area contributed by atoms with Crippen molar-refractivity contribution >= 4 is 9.84 Å². The van der Waals surface area contributed by atoms with Crippen LogP contribution < -0.4 is 5.43 Å². The summed E-state index contributed by atoms with van der Waals surface area (Å²) in [5, 5.41) is 1.19. The van der Waals surface area contributed by atoms with Crippen molar-refractivity contribution in [3.8, 4) is 0 Å². The monoisotopic (exact) mass is 302 g/mol. The van der Waals surface area contributed by atoms with E-state index in [0.29, 0.717) is 0 Å². The Morgan fingerprint density at radius 1 is 1.37 bits per heavy atom. The van der Waals surface area contributed by atoms with Gasteiger partial charge in [0.15, 0.2) is 0 Å². The lowest BCUT2D eigenvalue weighted by molar-refractivity contribution is -0.152. The van der Waals surface area contributed by atoms with Crippen molar-refractivity contribution in [2.24, 2.45) is 0 Å². The second-order valence-electron chi connectivity index (χ2n) is 3.98. The SMILES string of the molecule is CC.CCC1=CN(CCS(C)(=O)=O)NC1C(F)(F)F. The summed E-state index contributed by atoms with van der Waals surface area (Å²) >= 11 is 0. The summed E-state index contributed by atoms with van der Waals surface area (Å²) in [6.45, 7) is 5.64. The zero-order valence-electron chi connectivity index (χ0n) is 11.6. The lowest BCUT2D eigenvalue weighted by Gasteiger charge is -2.21. The molecule has 0 amide bonds. The van der Waals surface area contributed by atoms with E-state index >= 15 is 0 Å². The molecule has 0 saturated heterocycles. The van der Waals surface area contributed by atoms with Crippen LogP contribution >= 0.6 is 0 Å². The second-order valence-corrected chi connectivity index (χ2v) is 6.24. The minimum absolute atomic E-state index is 0.00884. The number of alkyl halides is 3.